The maximum absolute atomic E-state index is 13.4. The van der Waals surface area contributed by atoms with Gasteiger partial charge in [0.25, 0.3) is 5.56 Å². The Labute approximate surface area is 189 Å². The van der Waals surface area contributed by atoms with Crippen molar-refractivity contribution in [3.8, 4) is 11.4 Å². The van der Waals surface area contributed by atoms with Crippen LogP contribution >= 0.6 is 0 Å². The Bertz CT molecular complexity index is 1420. The van der Waals surface area contributed by atoms with Crippen LogP contribution in [0.1, 0.15) is 43.7 Å². The molecular formula is C24H24N4O5. The van der Waals surface area contributed by atoms with Crippen molar-refractivity contribution in [3.05, 3.63) is 86.9 Å². The van der Waals surface area contributed by atoms with Crippen molar-refractivity contribution in [2.75, 3.05) is 6.61 Å². The summed E-state index contributed by atoms with van der Waals surface area (Å²) >= 11 is 0. The second kappa shape index (κ2) is 8.42. The molecule has 1 aromatic carbocycles. The van der Waals surface area contributed by atoms with Crippen LogP contribution in [0, 0.1) is 27.7 Å². The van der Waals surface area contributed by atoms with Gasteiger partial charge in [0.1, 0.15) is 5.69 Å². The maximum atomic E-state index is 13.4. The third-order valence-electron chi connectivity index (χ3n) is 5.64. The number of carbonyl (C=O) groups is 2. The zero-order valence-corrected chi connectivity index (χ0v) is 19.1. The van der Waals surface area contributed by atoms with Gasteiger partial charge in [-0.05, 0) is 45.9 Å². The number of rotatable bonds is 6. The van der Waals surface area contributed by atoms with Crippen molar-refractivity contribution in [1.82, 2.24) is 19.1 Å². The van der Waals surface area contributed by atoms with Gasteiger partial charge in [-0.2, -0.15) is 0 Å². The third kappa shape index (κ3) is 3.82. The summed E-state index contributed by atoms with van der Waals surface area (Å²) in [6.45, 7) is 6.67. The second-order valence-corrected chi connectivity index (χ2v) is 7.86. The molecule has 33 heavy (non-hydrogen) atoms. The minimum absolute atomic E-state index is 0.0628. The van der Waals surface area contributed by atoms with E-state index in [0.717, 1.165) is 17.1 Å². The average Bonchev–Trinajstić information content (AvgIpc) is 3.42. The van der Waals surface area contributed by atoms with E-state index in [1.54, 1.807) is 33.8 Å². The Balaban J connectivity index is 1.67. The van der Waals surface area contributed by atoms with Gasteiger partial charge >= 0.3 is 5.97 Å². The predicted octanol–water partition coefficient (Wildman–Crippen LogP) is 3.23. The molecule has 0 fully saturated rings. The minimum Gasteiger partial charge on any atom is -0.451 e. The van der Waals surface area contributed by atoms with Crippen molar-refractivity contribution < 1.29 is 18.8 Å². The number of Topliss-reactive ketones (excluding diaryl/α,β-unsaturated/α-hetero) is 1. The van der Waals surface area contributed by atoms with Crippen LogP contribution in [0.15, 0.2) is 51.8 Å². The molecule has 0 saturated carbocycles. The Morgan fingerprint density at radius 1 is 1.03 bits per heavy atom. The van der Waals surface area contributed by atoms with Crippen LogP contribution in [0.5, 0.6) is 0 Å². The number of benzene rings is 1. The molecule has 0 radical (unpaired) electrons. The van der Waals surface area contributed by atoms with Gasteiger partial charge in [0.2, 0.25) is 11.5 Å². The van der Waals surface area contributed by atoms with Crippen LogP contribution in [-0.2, 0) is 11.8 Å². The number of ether oxygens (including phenoxy) is 1. The van der Waals surface area contributed by atoms with E-state index in [1.807, 2.05) is 51.2 Å². The molecule has 0 bridgehead atoms. The molecular weight excluding hydrogens is 424 g/mol. The van der Waals surface area contributed by atoms with Crippen LogP contribution in [0.4, 0.5) is 0 Å². The molecule has 3 heterocycles. The molecule has 170 valence electrons. The zero-order valence-electron chi connectivity index (χ0n) is 19.1. The van der Waals surface area contributed by atoms with Crippen molar-refractivity contribution in [3.63, 3.8) is 0 Å². The maximum Gasteiger partial charge on any atom is 0.377 e. The van der Waals surface area contributed by atoms with E-state index >= 15 is 0 Å². The van der Waals surface area contributed by atoms with E-state index in [0.29, 0.717) is 22.6 Å². The average molecular weight is 448 g/mol. The first kappa shape index (κ1) is 22.1. The number of aryl methyl sites for hydroxylation is 2. The fraction of sp³-hybridized carbons (Fsp3) is 0.250. The van der Waals surface area contributed by atoms with Gasteiger partial charge in [-0.3, -0.25) is 14.3 Å². The van der Waals surface area contributed by atoms with Gasteiger partial charge in [-0.1, -0.05) is 23.4 Å². The quantitative estimate of drug-likeness (QED) is 0.332. The van der Waals surface area contributed by atoms with E-state index in [2.05, 4.69) is 5.16 Å². The van der Waals surface area contributed by atoms with Crippen LogP contribution in [0.3, 0.4) is 0 Å². The van der Waals surface area contributed by atoms with Crippen molar-refractivity contribution in [2.45, 2.75) is 27.7 Å². The first-order chi connectivity index (χ1) is 15.7. The van der Waals surface area contributed by atoms with Crippen LogP contribution < -0.4 is 5.56 Å². The lowest BCUT2D eigenvalue weighted by Gasteiger charge is -2.08. The largest absolute Gasteiger partial charge is 0.451 e. The Morgan fingerprint density at radius 3 is 2.36 bits per heavy atom. The molecule has 0 amide bonds. The predicted molar refractivity (Wildman–Crippen MR) is 120 cm³/mol. The van der Waals surface area contributed by atoms with Gasteiger partial charge in [0, 0.05) is 30.1 Å². The molecule has 0 unspecified atom stereocenters. The normalized spacial score (nSPS) is 11.1. The van der Waals surface area contributed by atoms with Crippen molar-refractivity contribution >= 4 is 11.8 Å². The van der Waals surface area contributed by atoms with Crippen LogP contribution in [0.2, 0.25) is 0 Å². The first-order valence-electron chi connectivity index (χ1n) is 10.4. The number of para-hydroxylation sites is 1. The smallest absolute Gasteiger partial charge is 0.377 e. The lowest BCUT2D eigenvalue weighted by Crippen LogP contribution is -2.22. The fourth-order valence-corrected chi connectivity index (χ4v) is 3.94. The van der Waals surface area contributed by atoms with Gasteiger partial charge in [0.05, 0.1) is 17.1 Å². The highest BCUT2D eigenvalue weighted by Crippen LogP contribution is 2.23. The second-order valence-electron chi connectivity index (χ2n) is 7.86. The van der Waals surface area contributed by atoms with E-state index in [1.165, 1.54) is 6.07 Å². The molecule has 4 rings (SSSR count). The number of hydrogen-bond acceptors (Lipinski definition) is 6. The van der Waals surface area contributed by atoms with Gasteiger partial charge in [-0.15, -0.1) is 0 Å². The summed E-state index contributed by atoms with van der Waals surface area (Å²) in [5.41, 5.74) is 3.98. The molecule has 0 aliphatic carbocycles. The molecule has 0 spiro atoms. The van der Waals surface area contributed by atoms with Crippen LogP contribution in [0.25, 0.3) is 11.4 Å². The fourth-order valence-electron chi connectivity index (χ4n) is 3.94. The molecule has 4 aromatic rings. The number of ketones is 1. The molecule has 0 N–H and O–H groups in total. The summed E-state index contributed by atoms with van der Waals surface area (Å²) in [5, 5.41) is 3.64. The lowest BCUT2D eigenvalue weighted by atomic mass is 10.1. The highest BCUT2D eigenvalue weighted by molar-refractivity contribution is 6.00. The summed E-state index contributed by atoms with van der Waals surface area (Å²) < 4.78 is 15.1. The molecule has 9 heteroatoms. The van der Waals surface area contributed by atoms with E-state index < -0.39 is 12.6 Å². The number of aromatic nitrogens is 4. The van der Waals surface area contributed by atoms with Gasteiger partial charge < -0.3 is 13.8 Å². The van der Waals surface area contributed by atoms with E-state index in [4.69, 9.17) is 9.26 Å². The molecule has 0 aliphatic rings. The van der Waals surface area contributed by atoms with E-state index in [-0.39, 0.29) is 17.1 Å². The van der Waals surface area contributed by atoms with Crippen molar-refractivity contribution in [2.24, 2.45) is 7.05 Å². The third-order valence-corrected chi connectivity index (χ3v) is 5.64. The summed E-state index contributed by atoms with van der Waals surface area (Å²) in [5.74, 6) is -1.20. The molecule has 0 saturated heterocycles. The summed E-state index contributed by atoms with van der Waals surface area (Å²) in [7, 11) is 1.82. The summed E-state index contributed by atoms with van der Waals surface area (Å²) in [4.78, 5) is 38.3. The molecule has 9 nitrogen and oxygen atoms in total. The number of hydrogen-bond donors (Lipinski definition) is 0. The Hall–Kier alpha value is -4.14. The minimum atomic E-state index is -0.762. The molecule has 3 aromatic heterocycles. The zero-order chi connectivity index (χ0) is 23.9. The molecule has 0 aliphatic heterocycles. The van der Waals surface area contributed by atoms with Gasteiger partial charge in [0.15, 0.2) is 6.61 Å². The summed E-state index contributed by atoms with van der Waals surface area (Å²) in [6, 6.07) is 12.5. The Kier molecular flexibility index (Phi) is 5.63. The topological polar surface area (TPSA) is 101 Å². The lowest BCUT2D eigenvalue weighted by molar-refractivity contribution is 0.0435. The number of carbonyl (C=O) groups excluding carboxylic acids is 2. The summed E-state index contributed by atoms with van der Waals surface area (Å²) in [6.07, 6.45) is 0. The SMILES string of the molecule is Cc1cc(C(=O)OCC(=O)c2cc(C)n(-c3c(C)n(C)n(-c4ccccc4)c3=O)c2C)on1. The standard InChI is InChI=1S/C24H24N4O5/c1-14-11-21(33-25-14)24(31)32-13-20(29)19-12-15(2)27(16(19)3)22-17(4)26(5)28(23(22)30)18-9-7-6-8-10-18/h6-12H,13H2,1-5H3. The Morgan fingerprint density at radius 2 is 1.73 bits per heavy atom. The van der Waals surface area contributed by atoms with Gasteiger partial charge in [-0.25, -0.2) is 9.48 Å². The molecule has 0 atom stereocenters. The van der Waals surface area contributed by atoms with Crippen molar-refractivity contribution in [1.29, 1.82) is 0 Å². The highest BCUT2D eigenvalue weighted by Gasteiger charge is 2.24. The number of nitrogens with zero attached hydrogens (tertiary/aromatic N) is 4. The first-order valence-corrected chi connectivity index (χ1v) is 10.4. The number of esters is 1. The monoisotopic (exact) mass is 448 g/mol. The van der Waals surface area contributed by atoms with Crippen LogP contribution in [-0.4, -0.2) is 37.4 Å². The van der Waals surface area contributed by atoms with E-state index in [9.17, 15) is 14.4 Å². The highest BCUT2D eigenvalue weighted by atomic mass is 16.6.